The van der Waals surface area contributed by atoms with Crippen LogP contribution >= 0.6 is 0 Å². The lowest BCUT2D eigenvalue weighted by atomic mass is 9.93. The normalized spacial score (nSPS) is 16.3. The highest BCUT2D eigenvalue weighted by Gasteiger charge is 2.30. The first-order valence-corrected chi connectivity index (χ1v) is 6.83. The van der Waals surface area contributed by atoms with E-state index in [1.807, 2.05) is 42.5 Å². The molecule has 1 unspecified atom stereocenters. The van der Waals surface area contributed by atoms with E-state index in [0.29, 0.717) is 6.42 Å². The monoisotopic (exact) mass is 283 g/mol. The van der Waals surface area contributed by atoms with Crippen LogP contribution in [0.4, 0.5) is 5.69 Å². The number of amides is 1. The van der Waals surface area contributed by atoms with Gasteiger partial charge < -0.3 is 14.8 Å². The first kappa shape index (κ1) is 13.5. The molecular formula is C17H17NO3. The van der Waals surface area contributed by atoms with Crippen LogP contribution in [0.3, 0.4) is 0 Å². The molecule has 1 heterocycles. The zero-order valence-corrected chi connectivity index (χ0v) is 12.1. The highest BCUT2D eigenvalue weighted by atomic mass is 16.5. The Morgan fingerprint density at radius 2 is 1.90 bits per heavy atom. The van der Waals surface area contributed by atoms with Crippen molar-refractivity contribution < 1.29 is 14.3 Å². The van der Waals surface area contributed by atoms with Gasteiger partial charge in [-0.1, -0.05) is 24.3 Å². The van der Waals surface area contributed by atoms with E-state index in [9.17, 15) is 4.79 Å². The molecule has 0 aromatic heterocycles. The van der Waals surface area contributed by atoms with Crippen molar-refractivity contribution in [3.05, 3.63) is 53.6 Å². The van der Waals surface area contributed by atoms with E-state index in [1.165, 1.54) is 0 Å². The summed E-state index contributed by atoms with van der Waals surface area (Å²) in [6.07, 6.45) is 0.607. The van der Waals surface area contributed by atoms with E-state index < -0.39 is 0 Å². The summed E-state index contributed by atoms with van der Waals surface area (Å²) in [7, 11) is 3.25. The van der Waals surface area contributed by atoms with Crippen LogP contribution in [0.25, 0.3) is 0 Å². The number of para-hydroxylation sites is 1. The summed E-state index contributed by atoms with van der Waals surface area (Å²) < 4.78 is 10.6. The van der Waals surface area contributed by atoms with Crippen molar-refractivity contribution in [3.8, 4) is 11.5 Å². The molecule has 3 rings (SSSR count). The molecule has 1 amide bonds. The van der Waals surface area contributed by atoms with Gasteiger partial charge in [-0.3, -0.25) is 4.79 Å². The second kappa shape index (κ2) is 5.48. The lowest BCUT2D eigenvalue weighted by Crippen LogP contribution is -2.14. The average Bonchev–Trinajstić information content (AvgIpc) is 2.83. The Kier molecular flexibility index (Phi) is 3.52. The predicted molar refractivity (Wildman–Crippen MR) is 81.1 cm³/mol. The number of hydrogen-bond acceptors (Lipinski definition) is 3. The van der Waals surface area contributed by atoms with Crippen molar-refractivity contribution in [3.63, 3.8) is 0 Å². The molecule has 2 aromatic rings. The number of carbonyl (C=O) groups is 1. The molecule has 1 aliphatic rings. The fraction of sp³-hybridized carbons (Fsp3) is 0.235. The van der Waals surface area contributed by atoms with Gasteiger partial charge in [0.1, 0.15) is 11.5 Å². The summed E-state index contributed by atoms with van der Waals surface area (Å²) in [5.41, 5.74) is 2.94. The molecule has 0 saturated heterocycles. The minimum atomic E-state index is -0.177. The number of hydrogen-bond donors (Lipinski definition) is 1. The summed E-state index contributed by atoms with van der Waals surface area (Å²) in [5, 5.41) is 2.92. The molecule has 1 atom stereocenters. The third-order valence-electron chi connectivity index (χ3n) is 3.83. The van der Waals surface area contributed by atoms with Crippen molar-refractivity contribution in [2.24, 2.45) is 0 Å². The largest absolute Gasteiger partial charge is 0.497 e. The van der Waals surface area contributed by atoms with E-state index in [-0.39, 0.29) is 11.8 Å². The van der Waals surface area contributed by atoms with Crippen molar-refractivity contribution in [1.82, 2.24) is 0 Å². The molecular weight excluding hydrogens is 266 g/mol. The predicted octanol–water partition coefficient (Wildman–Crippen LogP) is 2.98. The van der Waals surface area contributed by atoms with Crippen LogP contribution in [-0.4, -0.2) is 20.1 Å². The Balaban J connectivity index is 1.92. The second-order valence-corrected chi connectivity index (χ2v) is 5.01. The van der Waals surface area contributed by atoms with Gasteiger partial charge in [0.15, 0.2) is 0 Å². The summed E-state index contributed by atoms with van der Waals surface area (Å²) in [4.78, 5) is 12.2. The van der Waals surface area contributed by atoms with Crippen molar-refractivity contribution >= 4 is 11.6 Å². The van der Waals surface area contributed by atoms with Gasteiger partial charge in [-0.25, -0.2) is 0 Å². The molecule has 1 aliphatic heterocycles. The van der Waals surface area contributed by atoms with Crippen LogP contribution < -0.4 is 14.8 Å². The molecule has 21 heavy (non-hydrogen) atoms. The molecule has 0 radical (unpaired) electrons. The maximum atomic E-state index is 12.2. The maximum absolute atomic E-state index is 12.2. The number of ether oxygens (including phenoxy) is 2. The van der Waals surface area contributed by atoms with Crippen LogP contribution in [0.15, 0.2) is 42.5 Å². The number of carbonyl (C=O) groups excluding carboxylic acids is 1. The molecule has 4 nitrogen and oxygen atoms in total. The lowest BCUT2D eigenvalue weighted by molar-refractivity contribution is -0.117. The topological polar surface area (TPSA) is 47.6 Å². The SMILES string of the molecule is COc1ccc(CC2C(=O)Nc3ccccc32)c(OC)c1. The molecule has 0 aliphatic carbocycles. The minimum Gasteiger partial charge on any atom is -0.497 e. The van der Waals surface area contributed by atoms with Gasteiger partial charge in [-0.05, 0) is 29.7 Å². The molecule has 2 aromatic carbocycles. The van der Waals surface area contributed by atoms with Gasteiger partial charge >= 0.3 is 0 Å². The third kappa shape index (κ3) is 2.44. The van der Waals surface area contributed by atoms with Crippen LogP contribution in [0.2, 0.25) is 0 Å². The van der Waals surface area contributed by atoms with Crippen molar-refractivity contribution in [1.29, 1.82) is 0 Å². The van der Waals surface area contributed by atoms with Crippen LogP contribution in [0, 0.1) is 0 Å². The second-order valence-electron chi connectivity index (χ2n) is 5.01. The molecule has 0 fully saturated rings. The van der Waals surface area contributed by atoms with Gasteiger partial charge in [0.25, 0.3) is 0 Å². The van der Waals surface area contributed by atoms with E-state index in [0.717, 1.165) is 28.3 Å². The molecule has 4 heteroatoms. The Hall–Kier alpha value is -2.49. The van der Waals surface area contributed by atoms with E-state index in [2.05, 4.69) is 5.32 Å². The Bertz CT molecular complexity index is 681. The number of rotatable bonds is 4. The van der Waals surface area contributed by atoms with Gasteiger partial charge in [0.2, 0.25) is 5.91 Å². The third-order valence-corrected chi connectivity index (χ3v) is 3.83. The van der Waals surface area contributed by atoms with Crippen molar-refractivity contribution in [2.45, 2.75) is 12.3 Å². The smallest absolute Gasteiger partial charge is 0.232 e. The van der Waals surface area contributed by atoms with Crippen LogP contribution in [-0.2, 0) is 11.2 Å². The van der Waals surface area contributed by atoms with Gasteiger partial charge in [0, 0.05) is 11.8 Å². The zero-order chi connectivity index (χ0) is 14.8. The first-order chi connectivity index (χ1) is 10.2. The summed E-state index contributed by atoms with van der Waals surface area (Å²) >= 11 is 0. The Morgan fingerprint density at radius 3 is 2.67 bits per heavy atom. The van der Waals surface area contributed by atoms with E-state index in [4.69, 9.17) is 9.47 Å². The van der Waals surface area contributed by atoms with Gasteiger partial charge in [0.05, 0.1) is 20.1 Å². The van der Waals surface area contributed by atoms with Crippen LogP contribution in [0.1, 0.15) is 17.0 Å². The molecule has 0 spiro atoms. The van der Waals surface area contributed by atoms with Gasteiger partial charge in [-0.2, -0.15) is 0 Å². The number of nitrogens with one attached hydrogen (secondary N) is 1. The summed E-state index contributed by atoms with van der Waals surface area (Å²) in [6.45, 7) is 0. The first-order valence-electron chi connectivity index (χ1n) is 6.83. The van der Waals surface area contributed by atoms with Gasteiger partial charge in [-0.15, -0.1) is 0 Å². The fourth-order valence-corrected chi connectivity index (χ4v) is 2.72. The number of benzene rings is 2. The quantitative estimate of drug-likeness (QED) is 0.938. The number of methoxy groups -OCH3 is 2. The van der Waals surface area contributed by atoms with Crippen LogP contribution in [0.5, 0.6) is 11.5 Å². The number of fused-ring (bicyclic) bond motifs is 1. The fourth-order valence-electron chi connectivity index (χ4n) is 2.72. The Labute approximate surface area is 123 Å². The molecule has 108 valence electrons. The lowest BCUT2D eigenvalue weighted by Gasteiger charge is -2.13. The highest BCUT2D eigenvalue weighted by molar-refractivity contribution is 6.03. The van der Waals surface area contributed by atoms with Crippen molar-refractivity contribution in [2.75, 3.05) is 19.5 Å². The average molecular weight is 283 g/mol. The molecule has 0 saturated carbocycles. The zero-order valence-electron chi connectivity index (χ0n) is 12.1. The van der Waals surface area contributed by atoms with E-state index >= 15 is 0 Å². The summed E-state index contributed by atoms with van der Waals surface area (Å²) in [5.74, 6) is 1.34. The summed E-state index contributed by atoms with van der Waals surface area (Å²) in [6, 6.07) is 13.5. The minimum absolute atomic E-state index is 0.0362. The van der Waals surface area contributed by atoms with E-state index in [1.54, 1.807) is 14.2 Å². The number of anilines is 1. The standard InChI is InChI=1S/C17H17NO3/c1-20-12-8-7-11(16(10-12)21-2)9-14-13-5-3-4-6-15(13)18-17(14)19/h3-8,10,14H,9H2,1-2H3,(H,18,19). The highest BCUT2D eigenvalue weighted by Crippen LogP contribution is 2.36. The Morgan fingerprint density at radius 1 is 1.10 bits per heavy atom. The maximum Gasteiger partial charge on any atom is 0.232 e. The molecule has 0 bridgehead atoms. The molecule has 1 N–H and O–H groups in total.